The molecule has 0 radical (unpaired) electrons. The summed E-state index contributed by atoms with van der Waals surface area (Å²) in [6.45, 7) is 7.16. The molecule has 1 fully saturated rings. The van der Waals surface area contributed by atoms with Gasteiger partial charge in [0, 0.05) is 12.1 Å². The summed E-state index contributed by atoms with van der Waals surface area (Å²) in [7, 11) is -0.933. The number of hydrogen-bond donors (Lipinski definition) is 1. The average Bonchev–Trinajstić information content (AvgIpc) is 2.55. The van der Waals surface area contributed by atoms with Crippen molar-refractivity contribution in [2.24, 2.45) is 0 Å². The maximum absolute atomic E-state index is 14.1. The quantitative estimate of drug-likeness (QED) is 0.860. The lowest BCUT2D eigenvalue weighted by molar-refractivity contribution is 0.00578. The van der Waals surface area contributed by atoms with Crippen molar-refractivity contribution in [3.63, 3.8) is 0 Å². The molecule has 0 amide bonds. The minimum absolute atomic E-state index is 0.0443. The van der Waals surface area contributed by atoms with E-state index >= 15 is 0 Å². The minimum Gasteiger partial charge on any atom is -0.399 e. The molecule has 3 nitrogen and oxygen atoms in total. The normalized spacial score (nSPS) is 20.4. The molecule has 0 atom stereocenters. The van der Waals surface area contributed by atoms with Gasteiger partial charge in [-0.1, -0.05) is 12.1 Å². The minimum atomic E-state index is -0.977. The van der Waals surface area contributed by atoms with E-state index in [1.54, 1.807) is 0 Å². The molecule has 1 aromatic rings. The fraction of sp³-hybridized carbons (Fsp3) is 0.571. The van der Waals surface area contributed by atoms with Crippen LogP contribution in [0, 0.1) is 11.6 Å². The number of halogens is 2. The van der Waals surface area contributed by atoms with E-state index < -0.39 is 30.0 Å². The highest BCUT2D eigenvalue weighted by atomic mass is 19.2. The second-order valence-corrected chi connectivity index (χ2v) is 6.00. The van der Waals surface area contributed by atoms with Gasteiger partial charge in [0.05, 0.1) is 11.2 Å². The fourth-order valence-electron chi connectivity index (χ4n) is 2.07. The zero-order valence-electron chi connectivity index (χ0n) is 12.2. The molecule has 20 heavy (non-hydrogen) atoms. The molecule has 2 rings (SSSR count). The van der Waals surface area contributed by atoms with Crippen LogP contribution in [0.4, 0.5) is 8.78 Å². The lowest BCUT2D eigenvalue weighted by atomic mass is 9.78. The van der Waals surface area contributed by atoms with Gasteiger partial charge in [-0.05, 0) is 39.7 Å². The molecule has 1 N–H and O–H groups in total. The number of hydrogen-bond acceptors (Lipinski definition) is 3. The van der Waals surface area contributed by atoms with Crippen LogP contribution in [-0.2, 0) is 15.7 Å². The van der Waals surface area contributed by atoms with Crippen LogP contribution in [-0.4, -0.2) is 30.0 Å². The summed E-state index contributed by atoms with van der Waals surface area (Å²) in [5.41, 5.74) is -1.03. The van der Waals surface area contributed by atoms with E-state index in [1.165, 1.54) is 12.1 Å². The van der Waals surface area contributed by atoms with Crippen LogP contribution in [0.25, 0.3) is 0 Å². The molecule has 1 heterocycles. The van der Waals surface area contributed by atoms with Crippen LogP contribution in [0.2, 0.25) is 0 Å². The highest BCUT2D eigenvalue weighted by Gasteiger charge is 2.52. The zero-order valence-corrected chi connectivity index (χ0v) is 12.2. The molecule has 1 aromatic carbocycles. The summed E-state index contributed by atoms with van der Waals surface area (Å²) >= 11 is 0. The standard InChI is InChI=1S/C14H19BF2O3/c1-13(2)14(3,4)20-15(19-13)10-6-5-9(7-8-18)11(16)12(10)17/h5-6,18H,7-8H2,1-4H3. The van der Waals surface area contributed by atoms with Crippen molar-refractivity contribution in [2.45, 2.75) is 45.3 Å². The molecular weight excluding hydrogens is 265 g/mol. The van der Waals surface area contributed by atoms with Gasteiger partial charge in [-0.15, -0.1) is 0 Å². The Morgan fingerprint density at radius 1 is 1.05 bits per heavy atom. The van der Waals surface area contributed by atoms with E-state index in [4.69, 9.17) is 14.4 Å². The number of aliphatic hydroxyl groups is 1. The smallest absolute Gasteiger partial charge is 0.399 e. The zero-order chi connectivity index (χ0) is 15.1. The van der Waals surface area contributed by atoms with Crippen molar-refractivity contribution >= 4 is 12.6 Å². The summed E-state index contributed by atoms with van der Waals surface area (Å²) in [6, 6.07) is 2.90. The Labute approximate surface area is 118 Å². The molecule has 0 aromatic heterocycles. The van der Waals surface area contributed by atoms with E-state index in [0.717, 1.165) is 0 Å². The van der Waals surface area contributed by atoms with Gasteiger partial charge >= 0.3 is 7.12 Å². The maximum atomic E-state index is 14.1. The van der Waals surface area contributed by atoms with Crippen LogP contribution in [0.3, 0.4) is 0 Å². The average molecular weight is 284 g/mol. The second kappa shape index (κ2) is 5.09. The Balaban J connectivity index is 2.34. The van der Waals surface area contributed by atoms with Crippen LogP contribution in [0.15, 0.2) is 12.1 Å². The van der Waals surface area contributed by atoms with Gasteiger partial charge < -0.3 is 14.4 Å². The van der Waals surface area contributed by atoms with Gasteiger partial charge in [-0.3, -0.25) is 0 Å². The second-order valence-electron chi connectivity index (χ2n) is 6.00. The fourth-order valence-corrected chi connectivity index (χ4v) is 2.07. The maximum Gasteiger partial charge on any atom is 0.497 e. The van der Waals surface area contributed by atoms with Crippen LogP contribution < -0.4 is 5.46 Å². The number of rotatable bonds is 3. The first kappa shape index (κ1) is 15.4. The molecule has 0 spiro atoms. The van der Waals surface area contributed by atoms with Crippen molar-refractivity contribution in [1.82, 2.24) is 0 Å². The highest BCUT2D eigenvalue weighted by Crippen LogP contribution is 2.36. The third-order valence-electron chi connectivity index (χ3n) is 4.08. The van der Waals surface area contributed by atoms with Crippen molar-refractivity contribution in [3.05, 3.63) is 29.3 Å². The molecule has 0 saturated carbocycles. The predicted octanol–water partition coefficient (Wildman–Crippen LogP) is 1.80. The van der Waals surface area contributed by atoms with Crippen molar-refractivity contribution < 1.29 is 23.2 Å². The Morgan fingerprint density at radius 3 is 2.10 bits per heavy atom. The summed E-state index contributed by atoms with van der Waals surface area (Å²) < 4.78 is 39.4. The molecule has 0 bridgehead atoms. The molecule has 1 saturated heterocycles. The molecule has 6 heteroatoms. The van der Waals surface area contributed by atoms with Crippen molar-refractivity contribution in [1.29, 1.82) is 0 Å². The molecule has 1 aliphatic rings. The molecule has 110 valence electrons. The van der Waals surface area contributed by atoms with Gasteiger partial charge in [0.15, 0.2) is 11.6 Å². The summed E-state index contributed by atoms with van der Waals surface area (Å²) in [5.74, 6) is -1.93. The summed E-state index contributed by atoms with van der Waals surface area (Å²) in [5, 5.41) is 8.81. The van der Waals surface area contributed by atoms with Gasteiger partial charge in [-0.2, -0.15) is 0 Å². The third-order valence-corrected chi connectivity index (χ3v) is 4.08. The largest absolute Gasteiger partial charge is 0.497 e. The number of aliphatic hydroxyl groups excluding tert-OH is 1. The predicted molar refractivity (Wildman–Crippen MR) is 72.9 cm³/mol. The lowest BCUT2D eigenvalue weighted by Crippen LogP contribution is -2.41. The van der Waals surface area contributed by atoms with Crippen LogP contribution >= 0.6 is 0 Å². The van der Waals surface area contributed by atoms with Gasteiger partial charge in [-0.25, -0.2) is 8.78 Å². The third kappa shape index (κ3) is 2.48. The van der Waals surface area contributed by atoms with Gasteiger partial charge in [0.25, 0.3) is 0 Å². The van der Waals surface area contributed by atoms with Crippen LogP contribution in [0.5, 0.6) is 0 Å². The topological polar surface area (TPSA) is 38.7 Å². The molecular formula is C14H19BF2O3. The molecule has 1 aliphatic heterocycles. The SMILES string of the molecule is CC1(C)OB(c2ccc(CCO)c(F)c2F)OC1(C)C. The Bertz CT molecular complexity index is 501. The van der Waals surface area contributed by atoms with Gasteiger partial charge in [0.2, 0.25) is 0 Å². The van der Waals surface area contributed by atoms with E-state index in [1.807, 2.05) is 27.7 Å². The van der Waals surface area contributed by atoms with E-state index in [-0.39, 0.29) is 24.1 Å². The Kier molecular flexibility index (Phi) is 3.93. The molecule has 0 aliphatic carbocycles. The van der Waals surface area contributed by atoms with Crippen LogP contribution in [0.1, 0.15) is 33.3 Å². The van der Waals surface area contributed by atoms with E-state index in [9.17, 15) is 8.78 Å². The molecule has 0 unspecified atom stereocenters. The number of benzene rings is 1. The first-order valence-corrected chi connectivity index (χ1v) is 6.63. The Morgan fingerprint density at radius 2 is 1.60 bits per heavy atom. The monoisotopic (exact) mass is 284 g/mol. The lowest BCUT2D eigenvalue weighted by Gasteiger charge is -2.32. The van der Waals surface area contributed by atoms with Crippen molar-refractivity contribution in [3.8, 4) is 0 Å². The highest BCUT2D eigenvalue weighted by molar-refractivity contribution is 6.62. The van der Waals surface area contributed by atoms with E-state index in [2.05, 4.69) is 0 Å². The van der Waals surface area contributed by atoms with E-state index in [0.29, 0.717) is 0 Å². The first-order chi connectivity index (χ1) is 9.19. The van der Waals surface area contributed by atoms with Crippen molar-refractivity contribution in [2.75, 3.05) is 6.61 Å². The Hall–Kier alpha value is -0.975. The first-order valence-electron chi connectivity index (χ1n) is 6.63. The van der Waals surface area contributed by atoms with Gasteiger partial charge in [0.1, 0.15) is 0 Å². The summed E-state index contributed by atoms with van der Waals surface area (Å²) in [6.07, 6.45) is 0.0758. The summed E-state index contributed by atoms with van der Waals surface area (Å²) in [4.78, 5) is 0.